The number of carbonyl (C=O) groups is 4. The number of carboxylic acid groups (broad SMARTS) is 1. The molecule has 2 heterocycles. The number of nitrogens with one attached hydrogen (secondary N) is 5. The fraction of sp³-hybridized carbons (Fsp3) is 0.250. The van der Waals surface area contributed by atoms with Crippen LogP contribution in [0, 0.1) is 0 Å². The maximum absolute atomic E-state index is 12.9. The highest BCUT2D eigenvalue weighted by atomic mass is 35.5. The minimum atomic E-state index is -4.65. The summed E-state index contributed by atoms with van der Waals surface area (Å²) >= 11 is 6.00. The van der Waals surface area contributed by atoms with Gasteiger partial charge in [0.25, 0.3) is 5.91 Å². The van der Waals surface area contributed by atoms with Crippen LogP contribution in [0.4, 0.5) is 30.8 Å². The molecule has 0 radical (unpaired) electrons. The molecule has 1 fully saturated rings. The molecule has 6 N–H and O–H groups in total. The van der Waals surface area contributed by atoms with E-state index in [4.69, 9.17) is 16.3 Å². The second-order valence-electron chi connectivity index (χ2n) is 10.5. The Balaban J connectivity index is 1.23. The van der Waals surface area contributed by atoms with E-state index in [0.717, 1.165) is 22.9 Å². The summed E-state index contributed by atoms with van der Waals surface area (Å²) in [5.41, 5.74) is 2.75. The van der Waals surface area contributed by atoms with E-state index in [9.17, 15) is 37.5 Å². The van der Waals surface area contributed by atoms with Gasteiger partial charge in [-0.05, 0) is 54.8 Å². The molecule has 3 amide bonds. The van der Waals surface area contributed by atoms with E-state index in [1.807, 2.05) is 12.1 Å². The van der Waals surface area contributed by atoms with Crippen LogP contribution in [0.1, 0.15) is 28.8 Å². The number of carbonyl (C=O) groups excluding carboxylic acids is 3. The van der Waals surface area contributed by atoms with Crippen LogP contribution in [0.2, 0.25) is 5.02 Å². The number of benzene rings is 2. The molecule has 2 aromatic carbocycles. The summed E-state index contributed by atoms with van der Waals surface area (Å²) in [4.78, 5) is 60.6. The van der Waals surface area contributed by atoms with Crippen molar-refractivity contribution in [2.24, 2.45) is 0 Å². The van der Waals surface area contributed by atoms with E-state index < -0.39 is 60.6 Å². The summed E-state index contributed by atoms with van der Waals surface area (Å²) in [6.45, 7) is -2.26. The van der Waals surface area contributed by atoms with Crippen LogP contribution in [0.15, 0.2) is 61.2 Å². The van der Waals surface area contributed by atoms with E-state index in [0.29, 0.717) is 23.6 Å². The molecule has 5 rings (SSSR count). The Bertz CT molecular complexity index is 1820. The Hall–Kier alpha value is -6.05. The Labute approximate surface area is 278 Å². The molecular formula is C28H25ClF3N11O6. The van der Waals surface area contributed by atoms with Crippen molar-refractivity contribution in [3.8, 4) is 6.01 Å². The Morgan fingerprint density at radius 3 is 2.20 bits per heavy atom. The number of alkyl halides is 3. The molecule has 0 unspecified atom stereocenters. The van der Waals surface area contributed by atoms with E-state index in [1.54, 1.807) is 12.1 Å². The summed E-state index contributed by atoms with van der Waals surface area (Å²) in [7, 11) is 0. The molecule has 4 aromatic rings. The van der Waals surface area contributed by atoms with Crippen molar-refractivity contribution in [3.05, 3.63) is 77.3 Å². The van der Waals surface area contributed by atoms with E-state index in [1.165, 1.54) is 24.3 Å². The molecule has 0 saturated heterocycles. The molecule has 17 nitrogen and oxygen atoms in total. The van der Waals surface area contributed by atoms with Crippen LogP contribution in [-0.2, 0) is 19.9 Å². The highest BCUT2D eigenvalue weighted by molar-refractivity contribution is 6.38. The van der Waals surface area contributed by atoms with E-state index in [-0.39, 0.29) is 17.5 Å². The van der Waals surface area contributed by atoms with Crippen LogP contribution in [-0.4, -0.2) is 84.0 Å². The number of anilines is 3. The molecule has 256 valence electrons. The fourth-order valence-electron chi connectivity index (χ4n) is 4.25. The Kier molecular flexibility index (Phi) is 10.1. The van der Waals surface area contributed by atoms with Gasteiger partial charge in [0.05, 0.1) is 5.54 Å². The molecule has 0 spiro atoms. The van der Waals surface area contributed by atoms with Crippen molar-refractivity contribution < 1.29 is 42.2 Å². The first-order valence-electron chi connectivity index (χ1n) is 14.1. The minimum absolute atomic E-state index is 0.0133. The van der Waals surface area contributed by atoms with Gasteiger partial charge in [-0.1, -0.05) is 23.7 Å². The number of hydrogen-bond donors (Lipinski definition) is 6. The smallest absolute Gasteiger partial charge is 0.422 e. The number of nitrogens with zero attached hydrogens (tertiary/aromatic N) is 6. The van der Waals surface area contributed by atoms with Crippen molar-refractivity contribution in [2.75, 3.05) is 29.2 Å². The van der Waals surface area contributed by atoms with Gasteiger partial charge >= 0.3 is 30.0 Å². The van der Waals surface area contributed by atoms with E-state index in [2.05, 4.69) is 51.8 Å². The van der Waals surface area contributed by atoms with Crippen molar-refractivity contribution in [1.82, 2.24) is 40.5 Å². The molecule has 1 aliphatic carbocycles. The van der Waals surface area contributed by atoms with Gasteiger partial charge in [0.15, 0.2) is 6.61 Å². The summed E-state index contributed by atoms with van der Waals surface area (Å²) in [5.74, 6) is -4.85. The lowest BCUT2D eigenvalue weighted by molar-refractivity contribution is -0.154. The lowest BCUT2D eigenvalue weighted by Gasteiger charge is -2.19. The Morgan fingerprint density at radius 1 is 0.939 bits per heavy atom. The molecule has 2 aromatic heterocycles. The zero-order chi connectivity index (χ0) is 35.2. The van der Waals surface area contributed by atoms with Gasteiger partial charge in [0.2, 0.25) is 11.9 Å². The predicted octanol–water partition coefficient (Wildman–Crippen LogP) is 1.97. The number of aliphatic carboxylic acids is 1. The monoisotopic (exact) mass is 703 g/mol. The lowest BCUT2D eigenvalue weighted by Crippen LogP contribution is -2.50. The third-order valence-electron chi connectivity index (χ3n) is 6.81. The number of rotatable bonds is 13. The second-order valence-corrected chi connectivity index (χ2v) is 10.9. The van der Waals surface area contributed by atoms with Crippen molar-refractivity contribution >= 4 is 52.9 Å². The number of carboxylic acids is 1. The first-order chi connectivity index (χ1) is 23.3. The summed E-state index contributed by atoms with van der Waals surface area (Å²) in [6, 6.07) is 10.3. The quantitative estimate of drug-likeness (QED) is 0.110. The van der Waals surface area contributed by atoms with Gasteiger partial charge in [0.1, 0.15) is 18.7 Å². The van der Waals surface area contributed by atoms with Crippen molar-refractivity contribution in [1.29, 1.82) is 0 Å². The lowest BCUT2D eigenvalue weighted by atomic mass is 10.1. The molecule has 0 bridgehead atoms. The highest BCUT2D eigenvalue weighted by Gasteiger charge is 2.45. The highest BCUT2D eigenvalue weighted by Crippen LogP contribution is 2.48. The van der Waals surface area contributed by atoms with Gasteiger partial charge in [-0.3, -0.25) is 19.8 Å². The molecule has 0 aliphatic heterocycles. The maximum Gasteiger partial charge on any atom is 0.422 e. The molecule has 1 aliphatic rings. The van der Waals surface area contributed by atoms with Gasteiger partial charge in [-0.15, -0.1) is 10.2 Å². The van der Waals surface area contributed by atoms with Crippen molar-refractivity contribution in [2.45, 2.75) is 30.6 Å². The van der Waals surface area contributed by atoms with Crippen molar-refractivity contribution in [3.63, 3.8) is 0 Å². The number of ether oxygens (including phenoxy) is 1. The third-order valence-corrected chi connectivity index (χ3v) is 7.06. The van der Waals surface area contributed by atoms with Crippen LogP contribution in [0.5, 0.6) is 6.01 Å². The third kappa shape index (κ3) is 9.50. The first kappa shape index (κ1) is 34.3. The SMILES string of the molecule is O=C(NC[C@H](NC(=O)c1ccc(Nc2nc(NC3(c4ccc(Cl)cc4)CC3)nc(OCC(F)(F)F)n2)cc1)C(=O)O)C(=O)Nn1cnnc1. The van der Waals surface area contributed by atoms with Crippen LogP contribution in [0.25, 0.3) is 0 Å². The minimum Gasteiger partial charge on any atom is -0.480 e. The summed E-state index contributed by atoms with van der Waals surface area (Å²) in [5, 5.41) is 27.3. The zero-order valence-electron chi connectivity index (χ0n) is 24.9. The maximum atomic E-state index is 12.9. The van der Waals surface area contributed by atoms with E-state index >= 15 is 0 Å². The zero-order valence-corrected chi connectivity index (χ0v) is 25.6. The van der Waals surface area contributed by atoms with Gasteiger partial charge in [-0.2, -0.15) is 28.1 Å². The van der Waals surface area contributed by atoms with Gasteiger partial charge in [0, 0.05) is 22.8 Å². The second kappa shape index (κ2) is 14.4. The molecule has 21 heteroatoms. The van der Waals surface area contributed by atoms with Crippen LogP contribution in [0.3, 0.4) is 0 Å². The molecule has 1 atom stereocenters. The number of amides is 3. The van der Waals surface area contributed by atoms with Crippen LogP contribution >= 0.6 is 11.6 Å². The molecule has 49 heavy (non-hydrogen) atoms. The normalized spacial score (nSPS) is 13.8. The average molecular weight is 704 g/mol. The van der Waals surface area contributed by atoms with Crippen LogP contribution < -0.4 is 31.4 Å². The Morgan fingerprint density at radius 2 is 1.59 bits per heavy atom. The van der Waals surface area contributed by atoms with Gasteiger partial charge < -0.3 is 31.1 Å². The topological polar surface area (TPSA) is 227 Å². The number of halogens is 4. The predicted molar refractivity (Wildman–Crippen MR) is 163 cm³/mol. The number of aromatic nitrogens is 6. The number of hydrogen-bond acceptors (Lipinski definition) is 12. The average Bonchev–Trinajstić information content (AvgIpc) is 3.64. The largest absolute Gasteiger partial charge is 0.480 e. The summed E-state index contributed by atoms with van der Waals surface area (Å²) in [6.07, 6.45) is -1.03. The van der Waals surface area contributed by atoms with Gasteiger partial charge in [-0.25, -0.2) is 9.47 Å². The molecular weight excluding hydrogens is 679 g/mol. The molecule has 1 saturated carbocycles. The summed E-state index contributed by atoms with van der Waals surface area (Å²) < 4.78 is 44.4. The first-order valence-corrected chi connectivity index (χ1v) is 14.5. The fourth-order valence-corrected chi connectivity index (χ4v) is 4.38. The standard InChI is InChI=1S/C28H25ClF3N11O6/c29-17-5-3-16(4-6-17)27(9-10-27)41-25-38-24(39-26(40-25)49-12-28(30,31)32)36-18-7-1-15(2-8-18)20(44)37-19(23(47)48)11-33-21(45)22(46)42-43-13-34-35-14-43/h1-8,13-14,19H,9-12H2,(H,33,45)(H,37,44)(H,42,46)(H,47,48)(H2,36,38,39,40,41)/t19-/m0/s1.